The number of halogens is 1. The Morgan fingerprint density at radius 3 is 2.42 bits per heavy atom. The number of hydrogen-bond donors (Lipinski definition) is 0. The van der Waals surface area contributed by atoms with Crippen molar-refractivity contribution in [3.63, 3.8) is 0 Å². The van der Waals surface area contributed by atoms with Crippen molar-refractivity contribution in [2.45, 2.75) is 19.8 Å². The average molecular weight is 285 g/mol. The molecule has 0 atom stereocenters. The van der Waals surface area contributed by atoms with Gasteiger partial charge in [0.25, 0.3) is 5.69 Å². The number of rotatable bonds is 7. The lowest BCUT2D eigenvalue weighted by molar-refractivity contribution is -0.384. The molecule has 104 valence electrons. The standard InChI is InChI=1S/C13H17ClN2O3/c1-2-8-15(9-7-14)13(17)10-11-3-5-12(6-4-11)16(18)19/h3-6H,2,7-10H2,1H3. The second-order valence-corrected chi connectivity index (χ2v) is 4.55. The fraction of sp³-hybridized carbons (Fsp3) is 0.462. The molecule has 0 N–H and O–H groups in total. The molecular weight excluding hydrogens is 268 g/mol. The summed E-state index contributed by atoms with van der Waals surface area (Å²) in [6, 6.07) is 6.05. The van der Waals surface area contributed by atoms with Crippen LogP contribution in [0.25, 0.3) is 0 Å². The lowest BCUT2D eigenvalue weighted by Crippen LogP contribution is -2.34. The van der Waals surface area contributed by atoms with Crippen molar-refractivity contribution in [2.24, 2.45) is 0 Å². The van der Waals surface area contributed by atoms with Crippen molar-refractivity contribution >= 4 is 23.2 Å². The summed E-state index contributed by atoms with van der Waals surface area (Å²) in [5.41, 5.74) is 0.800. The number of carbonyl (C=O) groups excluding carboxylic acids is 1. The van der Waals surface area contributed by atoms with E-state index < -0.39 is 4.92 Å². The van der Waals surface area contributed by atoms with Crippen LogP contribution < -0.4 is 0 Å². The molecule has 1 rings (SSSR count). The van der Waals surface area contributed by atoms with Gasteiger partial charge in [0.1, 0.15) is 0 Å². The highest BCUT2D eigenvalue weighted by Gasteiger charge is 2.13. The van der Waals surface area contributed by atoms with Crippen LogP contribution in [0.4, 0.5) is 5.69 Å². The van der Waals surface area contributed by atoms with Gasteiger partial charge in [-0.05, 0) is 12.0 Å². The number of carbonyl (C=O) groups is 1. The molecule has 19 heavy (non-hydrogen) atoms. The number of nitro benzene ring substituents is 1. The van der Waals surface area contributed by atoms with Crippen molar-refractivity contribution in [3.8, 4) is 0 Å². The van der Waals surface area contributed by atoms with E-state index >= 15 is 0 Å². The second-order valence-electron chi connectivity index (χ2n) is 4.17. The van der Waals surface area contributed by atoms with E-state index in [-0.39, 0.29) is 18.0 Å². The topological polar surface area (TPSA) is 63.5 Å². The molecule has 0 unspecified atom stereocenters. The van der Waals surface area contributed by atoms with Crippen molar-refractivity contribution in [3.05, 3.63) is 39.9 Å². The molecule has 6 heteroatoms. The van der Waals surface area contributed by atoms with Gasteiger partial charge in [-0.1, -0.05) is 19.1 Å². The largest absolute Gasteiger partial charge is 0.341 e. The highest BCUT2D eigenvalue weighted by molar-refractivity contribution is 6.18. The third-order valence-electron chi connectivity index (χ3n) is 2.70. The van der Waals surface area contributed by atoms with Gasteiger partial charge in [0.2, 0.25) is 5.91 Å². The first kappa shape index (κ1) is 15.4. The maximum atomic E-state index is 12.0. The predicted molar refractivity (Wildman–Crippen MR) is 74.4 cm³/mol. The fourth-order valence-electron chi connectivity index (χ4n) is 1.76. The third kappa shape index (κ3) is 4.87. The molecule has 0 radical (unpaired) electrons. The van der Waals surface area contributed by atoms with Crippen molar-refractivity contribution in [1.29, 1.82) is 0 Å². The van der Waals surface area contributed by atoms with E-state index in [2.05, 4.69) is 0 Å². The molecule has 1 amide bonds. The lowest BCUT2D eigenvalue weighted by atomic mass is 10.1. The monoisotopic (exact) mass is 284 g/mol. The molecule has 1 aromatic rings. The van der Waals surface area contributed by atoms with Gasteiger partial charge in [0, 0.05) is 31.1 Å². The highest BCUT2D eigenvalue weighted by atomic mass is 35.5. The summed E-state index contributed by atoms with van der Waals surface area (Å²) in [6.45, 7) is 3.21. The first-order valence-electron chi connectivity index (χ1n) is 6.15. The Labute approximate surface area is 117 Å². The summed E-state index contributed by atoms with van der Waals surface area (Å²) in [4.78, 5) is 23.8. The zero-order valence-electron chi connectivity index (χ0n) is 10.8. The van der Waals surface area contributed by atoms with Crippen LogP contribution >= 0.6 is 11.6 Å². The smallest absolute Gasteiger partial charge is 0.269 e. The lowest BCUT2D eigenvalue weighted by Gasteiger charge is -2.20. The van der Waals surface area contributed by atoms with Crippen LogP contribution in [0.3, 0.4) is 0 Å². The van der Waals surface area contributed by atoms with Gasteiger partial charge in [0.15, 0.2) is 0 Å². The normalized spacial score (nSPS) is 10.2. The number of benzene rings is 1. The molecule has 0 aliphatic carbocycles. The van der Waals surface area contributed by atoms with Crippen LogP contribution in [0, 0.1) is 10.1 Å². The highest BCUT2D eigenvalue weighted by Crippen LogP contribution is 2.13. The minimum Gasteiger partial charge on any atom is -0.341 e. The molecule has 0 spiro atoms. The van der Waals surface area contributed by atoms with Gasteiger partial charge in [-0.25, -0.2) is 0 Å². The minimum atomic E-state index is -0.456. The molecule has 0 aliphatic heterocycles. The van der Waals surface area contributed by atoms with Crippen molar-refractivity contribution in [1.82, 2.24) is 4.90 Å². The number of hydrogen-bond acceptors (Lipinski definition) is 3. The van der Waals surface area contributed by atoms with Crippen LogP contribution in [0.2, 0.25) is 0 Å². The van der Waals surface area contributed by atoms with Gasteiger partial charge in [0.05, 0.1) is 11.3 Å². The summed E-state index contributed by atoms with van der Waals surface area (Å²) >= 11 is 5.67. The zero-order valence-corrected chi connectivity index (χ0v) is 11.6. The number of amides is 1. The first-order valence-corrected chi connectivity index (χ1v) is 6.69. The Morgan fingerprint density at radius 2 is 1.95 bits per heavy atom. The molecular formula is C13H17ClN2O3. The first-order chi connectivity index (χ1) is 9.08. The number of non-ortho nitro benzene ring substituents is 1. The second kappa shape index (κ2) is 7.74. The van der Waals surface area contributed by atoms with Crippen molar-refractivity contribution < 1.29 is 9.72 Å². The van der Waals surface area contributed by atoms with Crippen LogP contribution in [0.5, 0.6) is 0 Å². The van der Waals surface area contributed by atoms with Gasteiger partial charge < -0.3 is 4.90 Å². The van der Waals surface area contributed by atoms with E-state index in [1.54, 1.807) is 17.0 Å². The molecule has 0 bridgehead atoms. The van der Waals surface area contributed by atoms with Gasteiger partial charge >= 0.3 is 0 Å². The van der Waals surface area contributed by atoms with Gasteiger partial charge in [-0.2, -0.15) is 0 Å². The van der Waals surface area contributed by atoms with Gasteiger partial charge in [-0.15, -0.1) is 11.6 Å². The number of nitro groups is 1. The summed E-state index contributed by atoms with van der Waals surface area (Å²) < 4.78 is 0. The van der Waals surface area contributed by atoms with E-state index in [1.807, 2.05) is 6.92 Å². The van der Waals surface area contributed by atoms with Crippen molar-refractivity contribution in [2.75, 3.05) is 19.0 Å². The maximum absolute atomic E-state index is 12.0. The van der Waals surface area contributed by atoms with Gasteiger partial charge in [-0.3, -0.25) is 14.9 Å². The van der Waals surface area contributed by atoms with E-state index in [1.165, 1.54) is 12.1 Å². The van der Waals surface area contributed by atoms with E-state index in [0.29, 0.717) is 19.0 Å². The number of nitrogens with zero attached hydrogens (tertiary/aromatic N) is 2. The molecule has 0 heterocycles. The quantitative estimate of drug-likeness (QED) is 0.439. The maximum Gasteiger partial charge on any atom is 0.269 e. The fourth-order valence-corrected chi connectivity index (χ4v) is 1.96. The Bertz CT molecular complexity index is 428. The Morgan fingerprint density at radius 1 is 1.32 bits per heavy atom. The molecule has 1 aromatic carbocycles. The zero-order chi connectivity index (χ0) is 14.3. The SMILES string of the molecule is CCCN(CCCl)C(=O)Cc1ccc([N+](=O)[O-])cc1. The molecule has 5 nitrogen and oxygen atoms in total. The Kier molecular flexibility index (Phi) is 6.29. The average Bonchev–Trinajstić information content (AvgIpc) is 2.39. The van der Waals surface area contributed by atoms with E-state index in [4.69, 9.17) is 11.6 Å². The molecule has 0 saturated carbocycles. The molecule has 0 aliphatic rings. The summed E-state index contributed by atoms with van der Waals surface area (Å²) in [5, 5.41) is 10.5. The summed E-state index contributed by atoms with van der Waals surface area (Å²) in [5.74, 6) is 0.405. The summed E-state index contributed by atoms with van der Waals surface area (Å²) in [6.07, 6.45) is 1.12. The van der Waals surface area contributed by atoms with E-state index in [0.717, 1.165) is 12.0 Å². The molecule has 0 aromatic heterocycles. The molecule has 0 fully saturated rings. The van der Waals surface area contributed by atoms with Crippen LogP contribution in [-0.2, 0) is 11.2 Å². The van der Waals surface area contributed by atoms with Crippen LogP contribution in [-0.4, -0.2) is 34.7 Å². The van der Waals surface area contributed by atoms with E-state index in [9.17, 15) is 14.9 Å². The Balaban J connectivity index is 2.66. The predicted octanol–water partition coefficient (Wildman–Crippen LogP) is 2.61. The minimum absolute atomic E-state index is 0.00338. The van der Waals surface area contributed by atoms with Crippen LogP contribution in [0.1, 0.15) is 18.9 Å². The molecule has 0 saturated heterocycles. The van der Waals surface area contributed by atoms with Crippen LogP contribution in [0.15, 0.2) is 24.3 Å². The summed E-state index contributed by atoms with van der Waals surface area (Å²) in [7, 11) is 0. The Hall–Kier alpha value is -1.62. The third-order valence-corrected chi connectivity index (χ3v) is 2.87. The number of alkyl halides is 1.